The van der Waals surface area contributed by atoms with E-state index in [1.807, 2.05) is 66.9 Å². The number of nitrogens with one attached hydrogen (secondary N) is 2. The van der Waals surface area contributed by atoms with E-state index in [0.717, 1.165) is 5.56 Å². The van der Waals surface area contributed by atoms with Crippen LogP contribution in [0.2, 0.25) is 0 Å². The van der Waals surface area contributed by atoms with Gasteiger partial charge in [0.15, 0.2) is 11.0 Å². The quantitative estimate of drug-likeness (QED) is 0.362. The van der Waals surface area contributed by atoms with Crippen molar-refractivity contribution in [2.75, 3.05) is 5.75 Å². The van der Waals surface area contributed by atoms with Crippen molar-refractivity contribution in [1.29, 1.82) is 0 Å². The van der Waals surface area contributed by atoms with Crippen LogP contribution < -0.4 is 10.6 Å². The van der Waals surface area contributed by atoms with Crippen molar-refractivity contribution in [2.24, 2.45) is 0 Å². The van der Waals surface area contributed by atoms with Crippen LogP contribution >= 0.6 is 11.8 Å². The van der Waals surface area contributed by atoms with Gasteiger partial charge in [-0.25, -0.2) is 0 Å². The topological polar surface area (TPSA) is 88.9 Å². The Morgan fingerprint density at radius 1 is 1.00 bits per heavy atom. The highest BCUT2D eigenvalue weighted by Crippen LogP contribution is 2.21. The lowest BCUT2D eigenvalue weighted by Crippen LogP contribution is -2.29. The first kappa shape index (κ1) is 23.3. The summed E-state index contributed by atoms with van der Waals surface area (Å²) in [7, 11) is 0. The second-order valence-electron chi connectivity index (χ2n) is 7.29. The Labute approximate surface area is 192 Å². The maximum Gasteiger partial charge on any atom is 0.251 e. The van der Waals surface area contributed by atoms with Crippen molar-refractivity contribution in [3.8, 4) is 0 Å². The molecule has 2 amide bonds. The van der Waals surface area contributed by atoms with E-state index in [9.17, 15) is 9.59 Å². The molecule has 0 aliphatic rings. The van der Waals surface area contributed by atoms with Crippen LogP contribution in [0.4, 0.5) is 0 Å². The Hall–Kier alpha value is -3.39. The van der Waals surface area contributed by atoms with Crippen LogP contribution in [0.15, 0.2) is 78.5 Å². The van der Waals surface area contributed by atoms with E-state index in [-0.39, 0.29) is 29.7 Å². The summed E-state index contributed by atoms with van der Waals surface area (Å²) in [4.78, 5) is 24.9. The van der Waals surface area contributed by atoms with Gasteiger partial charge >= 0.3 is 0 Å². The standard InChI is InChI=1S/C24H27N5O2S/c1-4-15-29-22(18(3)26-23(31)20-13-9-6-10-14-20)27-28-24(29)32-16-21(30)25-17(2)19-11-7-5-8-12-19/h4-14,17-18H,1,15-16H2,2-3H3,(H,25,30)(H,26,31)/t17-,18+/m1/s1. The van der Waals surface area contributed by atoms with Crippen molar-refractivity contribution >= 4 is 23.6 Å². The van der Waals surface area contributed by atoms with Gasteiger partial charge in [0.05, 0.1) is 17.8 Å². The van der Waals surface area contributed by atoms with Gasteiger partial charge in [0.25, 0.3) is 5.91 Å². The van der Waals surface area contributed by atoms with Gasteiger partial charge in [0, 0.05) is 12.1 Å². The molecule has 2 atom stereocenters. The van der Waals surface area contributed by atoms with Crippen LogP contribution in [-0.4, -0.2) is 32.3 Å². The molecule has 2 aromatic carbocycles. The second-order valence-corrected chi connectivity index (χ2v) is 8.23. The molecular formula is C24H27N5O2S. The lowest BCUT2D eigenvalue weighted by Gasteiger charge is -2.16. The number of nitrogens with zero attached hydrogens (tertiary/aromatic N) is 3. The van der Waals surface area contributed by atoms with E-state index in [4.69, 9.17) is 0 Å². The summed E-state index contributed by atoms with van der Waals surface area (Å²) in [5.74, 6) is 0.535. The van der Waals surface area contributed by atoms with E-state index in [0.29, 0.717) is 23.1 Å². The van der Waals surface area contributed by atoms with Crippen molar-refractivity contribution in [2.45, 2.75) is 37.6 Å². The number of hydrogen-bond donors (Lipinski definition) is 2. The zero-order valence-corrected chi connectivity index (χ0v) is 19.0. The fraction of sp³-hybridized carbons (Fsp3) is 0.250. The molecule has 0 radical (unpaired) electrons. The zero-order chi connectivity index (χ0) is 22.9. The monoisotopic (exact) mass is 449 g/mol. The van der Waals surface area contributed by atoms with E-state index in [1.165, 1.54) is 11.8 Å². The molecular weight excluding hydrogens is 422 g/mol. The normalized spacial score (nSPS) is 12.6. The number of carbonyl (C=O) groups is 2. The van der Waals surface area contributed by atoms with Gasteiger partial charge < -0.3 is 15.2 Å². The van der Waals surface area contributed by atoms with Gasteiger partial charge in [0.1, 0.15) is 0 Å². The van der Waals surface area contributed by atoms with Gasteiger partial charge in [-0.3, -0.25) is 9.59 Å². The van der Waals surface area contributed by atoms with Gasteiger partial charge in [-0.1, -0.05) is 66.4 Å². The molecule has 0 saturated heterocycles. The molecule has 0 spiro atoms. The lowest BCUT2D eigenvalue weighted by atomic mass is 10.1. The lowest BCUT2D eigenvalue weighted by molar-refractivity contribution is -0.119. The summed E-state index contributed by atoms with van der Waals surface area (Å²) in [6, 6.07) is 18.4. The molecule has 0 saturated carbocycles. The average Bonchev–Trinajstić information content (AvgIpc) is 3.21. The number of carbonyl (C=O) groups excluding carboxylic acids is 2. The van der Waals surface area contributed by atoms with E-state index < -0.39 is 0 Å². The summed E-state index contributed by atoms with van der Waals surface area (Å²) < 4.78 is 1.86. The molecule has 0 unspecified atom stereocenters. The van der Waals surface area contributed by atoms with Crippen LogP contribution in [-0.2, 0) is 11.3 Å². The van der Waals surface area contributed by atoms with Gasteiger partial charge in [-0.05, 0) is 31.5 Å². The number of hydrogen-bond acceptors (Lipinski definition) is 5. The minimum atomic E-state index is -0.364. The average molecular weight is 450 g/mol. The van der Waals surface area contributed by atoms with Crippen molar-refractivity contribution in [3.63, 3.8) is 0 Å². The molecule has 3 aromatic rings. The highest BCUT2D eigenvalue weighted by Gasteiger charge is 2.20. The smallest absolute Gasteiger partial charge is 0.251 e. The van der Waals surface area contributed by atoms with Gasteiger partial charge in [0.2, 0.25) is 5.91 Å². The Balaban J connectivity index is 1.63. The number of aromatic nitrogens is 3. The molecule has 2 N–H and O–H groups in total. The first-order valence-electron chi connectivity index (χ1n) is 10.4. The third-order valence-electron chi connectivity index (χ3n) is 4.84. The Kier molecular flexibility index (Phi) is 8.21. The maximum absolute atomic E-state index is 12.5. The van der Waals surface area contributed by atoms with Crippen molar-refractivity contribution in [3.05, 3.63) is 90.3 Å². The van der Waals surface area contributed by atoms with E-state index >= 15 is 0 Å². The fourth-order valence-electron chi connectivity index (χ4n) is 3.20. The first-order valence-corrected chi connectivity index (χ1v) is 11.3. The summed E-state index contributed by atoms with van der Waals surface area (Å²) in [5, 5.41) is 15.1. The Morgan fingerprint density at radius 2 is 1.66 bits per heavy atom. The summed E-state index contributed by atoms with van der Waals surface area (Å²) in [6.07, 6.45) is 1.74. The predicted octanol–water partition coefficient (Wildman–Crippen LogP) is 3.92. The van der Waals surface area contributed by atoms with Gasteiger partial charge in [-0.15, -0.1) is 16.8 Å². The SMILES string of the molecule is C=CCn1c(SCC(=O)N[C@H](C)c2ccccc2)nnc1[C@H](C)NC(=O)c1ccccc1. The predicted molar refractivity (Wildman–Crippen MR) is 126 cm³/mol. The number of rotatable bonds is 10. The molecule has 1 heterocycles. The minimum Gasteiger partial charge on any atom is -0.349 e. The Bertz CT molecular complexity index is 1050. The molecule has 0 bridgehead atoms. The summed E-state index contributed by atoms with van der Waals surface area (Å²) >= 11 is 1.30. The largest absolute Gasteiger partial charge is 0.349 e. The zero-order valence-electron chi connectivity index (χ0n) is 18.2. The molecule has 7 nitrogen and oxygen atoms in total. The van der Waals surface area contributed by atoms with Crippen LogP contribution in [0.1, 0.15) is 47.7 Å². The summed E-state index contributed by atoms with van der Waals surface area (Å²) in [5.41, 5.74) is 1.62. The third kappa shape index (κ3) is 6.07. The number of benzene rings is 2. The van der Waals surface area contributed by atoms with Crippen LogP contribution in [0.25, 0.3) is 0 Å². The maximum atomic E-state index is 12.5. The molecule has 3 rings (SSSR count). The van der Waals surface area contributed by atoms with Crippen LogP contribution in [0.3, 0.4) is 0 Å². The fourth-order valence-corrected chi connectivity index (χ4v) is 3.97. The molecule has 0 aliphatic carbocycles. The van der Waals surface area contributed by atoms with Crippen molar-refractivity contribution in [1.82, 2.24) is 25.4 Å². The molecule has 32 heavy (non-hydrogen) atoms. The van der Waals surface area contributed by atoms with Crippen molar-refractivity contribution < 1.29 is 9.59 Å². The third-order valence-corrected chi connectivity index (χ3v) is 5.80. The highest BCUT2D eigenvalue weighted by atomic mass is 32.2. The summed E-state index contributed by atoms with van der Waals surface area (Å²) in [6.45, 7) is 8.08. The second kappa shape index (κ2) is 11.3. The molecule has 0 aliphatic heterocycles. The van der Waals surface area contributed by atoms with Gasteiger partial charge in [-0.2, -0.15) is 0 Å². The number of allylic oxidation sites excluding steroid dienone is 1. The highest BCUT2D eigenvalue weighted by molar-refractivity contribution is 7.99. The van der Waals surface area contributed by atoms with Crippen LogP contribution in [0, 0.1) is 0 Å². The molecule has 8 heteroatoms. The number of amides is 2. The first-order chi connectivity index (χ1) is 15.5. The van der Waals surface area contributed by atoms with Crippen LogP contribution in [0.5, 0.6) is 0 Å². The molecule has 1 aromatic heterocycles. The van der Waals surface area contributed by atoms with E-state index in [1.54, 1.807) is 18.2 Å². The Morgan fingerprint density at radius 3 is 2.31 bits per heavy atom. The van der Waals surface area contributed by atoms with E-state index in [2.05, 4.69) is 27.4 Å². The molecule has 166 valence electrons. The number of thioether (sulfide) groups is 1. The molecule has 0 fully saturated rings. The minimum absolute atomic E-state index is 0.0841.